The van der Waals surface area contributed by atoms with Crippen LogP contribution < -0.4 is 11.3 Å². The van der Waals surface area contributed by atoms with E-state index in [0.717, 1.165) is 11.1 Å². The Hall–Kier alpha value is -1.86. The zero-order valence-electron chi connectivity index (χ0n) is 10.2. The molecular formula is C13H17N3O. The van der Waals surface area contributed by atoms with Crippen LogP contribution in [0.3, 0.4) is 0 Å². The molecule has 1 rings (SSSR count). The Kier molecular flexibility index (Phi) is 4.68. The fourth-order valence-corrected chi connectivity index (χ4v) is 1.75. The third kappa shape index (κ3) is 3.58. The molecule has 0 aromatic heterocycles. The number of hydrogen-bond acceptors (Lipinski definition) is 3. The molecule has 0 atom stereocenters. The summed E-state index contributed by atoms with van der Waals surface area (Å²) in [5.41, 5.74) is 4.99. The molecule has 0 saturated carbocycles. The first-order valence-electron chi connectivity index (χ1n) is 5.60. The number of nitriles is 1. The largest absolute Gasteiger partial charge is 0.294 e. The van der Waals surface area contributed by atoms with Crippen LogP contribution in [-0.4, -0.2) is 5.91 Å². The third-order valence-corrected chi connectivity index (χ3v) is 2.68. The van der Waals surface area contributed by atoms with Gasteiger partial charge in [0.25, 0.3) is 0 Å². The van der Waals surface area contributed by atoms with Gasteiger partial charge in [-0.3, -0.25) is 10.2 Å². The smallest absolute Gasteiger partial charge is 0.234 e. The highest BCUT2D eigenvalue weighted by Gasteiger charge is 2.09. The molecule has 0 fully saturated rings. The van der Waals surface area contributed by atoms with Crippen molar-refractivity contribution in [3.8, 4) is 6.07 Å². The zero-order valence-corrected chi connectivity index (χ0v) is 10.2. The van der Waals surface area contributed by atoms with Crippen LogP contribution >= 0.6 is 0 Å². The summed E-state index contributed by atoms with van der Waals surface area (Å²) in [4.78, 5) is 11.1. The number of benzene rings is 1. The minimum absolute atomic E-state index is 0.177. The van der Waals surface area contributed by atoms with Crippen LogP contribution in [-0.2, 0) is 11.2 Å². The number of rotatable bonds is 4. The fourth-order valence-electron chi connectivity index (χ4n) is 1.75. The molecule has 0 bridgehead atoms. The molecule has 0 spiro atoms. The number of carbonyl (C=O) groups is 1. The van der Waals surface area contributed by atoms with E-state index < -0.39 is 0 Å². The molecule has 0 aliphatic rings. The topological polar surface area (TPSA) is 78.9 Å². The third-order valence-electron chi connectivity index (χ3n) is 2.68. The van der Waals surface area contributed by atoms with Crippen molar-refractivity contribution < 1.29 is 4.79 Å². The summed E-state index contributed by atoms with van der Waals surface area (Å²) in [5.74, 6) is 5.19. The van der Waals surface area contributed by atoms with Gasteiger partial charge >= 0.3 is 0 Å². The van der Waals surface area contributed by atoms with E-state index in [2.05, 4.69) is 25.3 Å². The Morgan fingerprint density at radius 2 is 2.24 bits per heavy atom. The highest BCUT2D eigenvalue weighted by molar-refractivity contribution is 5.75. The molecule has 1 amide bonds. The Labute approximate surface area is 101 Å². The van der Waals surface area contributed by atoms with Crippen molar-refractivity contribution in [1.82, 2.24) is 5.43 Å². The van der Waals surface area contributed by atoms with Gasteiger partial charge < -0.3 is 0 Å². The fraction of sp³-hybridized carbons (Fsp3) is 0.385. The standard InChI is InChI=1S/C13H17N3O/c1-9(2)12-7-10(8-14)3-4-11(12)5-6-13(17)16-15/h3-4,7,9H,5-6,15H2,1-2H3,(H,16,17). The number of carbonyl (C=O) groups excluding carboxylic acids is 1. The van der Waals surface area contributed by atoms with Gasteiger partial charge in [-0.1, -0.05) is 19.9 Å². The normalized spacial score (nSPS) is 10.1. The van der Waals surface area contributed by atoms with Crippen LogP contribution in [0.1, 0.15) is 42.9 Å². The van der Waals surface area contributed by atoms with Gasteiger partial charge in [-0.25, -0.2) is 5.84 Å². The summed E-state index contributed by atoms with van der Waals surface area (Å²) in [7, 11) is 0. The quantitative estimate of drug-likeness (QED) is 0.469. The second-order valence-corrected chi connectivity index (χ2v) is 4.25. The average Bonchev–Trinajstić information content (AvgIpc) is 2.35. The van der Waals surface area contributed by atoms with Crippen LogP contribution in [0.25, 0.3) is 0 Å². The SMILES string of the molecule is CC(C)c1cc(C#N)ccc1CCC(=O)NN. The lowest BCUT2D eigenvalue weighted by Gasteiger charge is -2.12. The molecule has 0 unspecified atom stereocenters. The number of hydrogen-bond donors (Lipinski definition) is 2. The van der Waals surface area contributed by atoms with Crippen LogP contribution in [0, 0.1) is 11.3 Å². The van der Waals surface area contributed by atoms with Crippen LogP contribution in [0.2, 0.25) is 0 Å². The van der Waals surface area contributed by atoms with Crippen molar-refractivity contribution in [3.63, 3.8) is 0 Å². The van der Waals surface area contributed by atoms with Crippen molar-refractivity contribution in [1.29, 1.82) is 5.26 Å². The van der Waals surface area contributed by atoms with Crippen molar-refractivity contribution in [2.75, 3.05) is 0 Å². The maximum Gasteiger partial charge on any atom is 0.234 e. The molecule has 4 heteroatoms. The number of nitrogens with two attached hydrogens (primary N) is 1. The van der Waals surface area contributed by atoms with Gasteiger partial charge in [0.05, 0.1) is 11.6 Å². The maximum absolute atomic E-state index is 11.1. The summed E-state index contributed by atoms with van der Waals surface area (Å²) in [6, 6.07) is 7.71. The average molecular weight is 231 g/mol. The van der Waals surface area contributed by atoms with Crippen LogP contribution in [0.15, 0.2) is 18.2 Å². The molecular weight excluding hydrogens is 214 g/mol. The molecule has 0 aliphatic carbocycles. The summed E-state index contributed by atoms with van der Waals surface area (Å²) in [5, 5.41) is 8.86. The van der Waals surface area contributed by atoms with Crippen LogP contribution in [0.5, 0.6) is 0 Å². The Morgan fingerprint density at radius 1 is 1.53 bits per heavy atom. The van der Waals surface area contributed by atoms with Gasteiger partial charge in [0, 0.05) is 6.42 Å². The maximum atomic E-state index is 11.1. The monoisotopic (exact) mass is 231 g/mol. The first kappa shape index (κ1) is 13.2. The summed E-state index contributed by atoms with van der Waals surface area (Å²) in [6.45, 7) is 4.14. The van der Waals surface area contributed by atoms with E-state index >= 15 is 0 Å². The minimum Gasteiger partial charge on any atom is -0.294 e. The van der Waals surface area contributed by atoms with E-state index in [1.54, 1.807) is 6.07 Å². The van der Waals surface area contributed by atoms with E-state index in [9.17, 15) is 4.79 Å². The lowest BCUT2D eigenvalue weighted by Crippen LogP contribution is -2.30. The van der Waals surface area contributed by atoms with Crippen LogP contribution in [0.4, 0.5) is 0 Å². The Morgan fingerprint density at radius 3 is 2.76 bits per heavy atom. The van der Waals surface area contributed by atoms with Crippen molar-refractivity contribution in [2.24, 2.45) is 5.84 Å². The molecule has 3 N–H and O–H groups in total. The molecule has 90 valence electrons. The number of aryl methyl sites for hydroxylation is 1. The Bertz CT molecular complexity index is 446. The molecule has 0 aliphatic heterocycles. The number of hydrazine groups is 1. The Balaban J connectivity index is 2.91. The number of amides is 1. The van der Waals surface area contributed by atoms with Gasteiger partial charge in [0.2, 0.25) is 5.91 Å². The molecule has 1 aromatic rings. The van der Waals surface area contributed by atoms with Gasteiger partial charge in [-0.2, -0.15) is 5.26 Å². The first-order chi connectivity index (χ1) is 8.08. The second kappa shape index (κ2) is 6.02. The lowest BCUT2D eigenvalue weighted by atomic mass is 9.93. The molecule has 4 nitrogen and oxygen atoms in total. The first-order valence-corrected chi connectivity index (χ1v) is 5.60. The molecule has 0 saturated heterocycles. The van der Waals surface area contributed by atoms with E-state index in [1.165, 1.54) is 0 Å². The van der Waals surface area contributed by atoms with Gasteiger partial charge in [0.15, 0.2) is 0 Å². The van der Waals surface area contributed by atoms with E-state index in [-0.39, 0.29) is 5.91 Å². The highest BCUT2D eigenvalue weighted by atomic mass is 16.2. The predicted molar refractivity (Wildman–Crippen MR) is 65.9 cm³/mol. The van der Waals surface area contributed by atoms with Crippen molar-refractivity contribution in [3.05, 3.63) is 34.9 Å². The predicted octanol–water partition coefficient (Wildman–Crippen LogP) is 1.60. The lowest BCUT2D eigenvalue weighted by molar-refractivity contribution is -0.121. The van der Waals surface area contributed by atoms with Gasteiger partial charge in [-0.05, 0) is 35.6 Å². The second-order valence-electron chi connectivity index (χ2n) is 4.25. The molecule has 0 radical (unpaired) electrons. The highest BCUT2D eigenvalue weighted by Crippen LogP contribution is 2.22. The molecule has 0 heterocycles. The number of nitrogens with zero attached hydrogens (tertiary/aromatic N) is 1. The van der Waals surface area contributed by atoms with Crippen molar-refractivity contribution >= 4 is 5.91 Å². The van der Waals surface area contributed by atoms with E-state index in [1.807, 2.05) is 12.1 Å². The van der Waals surface area contributed by atoms with Crippen molar-refractivity contribution in [2.45, 2.75) is 32.6 Å². The van der Waals surface area contributed by atoms with Gasteiger partial charge in [0.1, 0.15) is 0 Å². The van der Waals surface area contributed by atoms with E-state index in [4.69, 9.17) is 11.1 Å². The number of nitrogens with one attached hydrogen (secondary N) is 1. The van der Waals surface area contributed by atoms with Gasteiger partial charge in [-0.15, -0.1) is 0 Å². The molecule has 17 heavy (non-hydrogen) atoms. The summed E-state index contributed by atoms with van der Waals surface area (Å²) in [6.07, 6.45) is 1.00. The summed E-state index contributed by atoms with van der Waals surface area (Å²) < 4.78 is 0. The zero-order chi connectivity index (χ0) is 12.8. The summed E-state index contributed by atoms with van der Waals surface area (Å²) >= 11 is 0. The van der Waals surface area contributed by atoms with E-state index in [0.29, 0.717) is 24.3 Å². The molecule has 1 aromatic carbocycles. The minimum atomic E-state index is -0.177.